The molecule has 0 bridgehead atoms. The van der Waals surface area contributed by atoms with E-state index in [4.69, 9.17) is 5.11 Å². The largest absolute Gasteiger partial charge is 0.395 e. The van der Waals surface area contributed by atoms with E-state index in [1.54, 1.807) is 12.1 Å². The maximum atomic E-state index is 11.5. The van der Waals surface area contributed by atoms with Crippen molar-refractivity contribution in [2.75, 3.05) is 13.2 Å². The van der Waals surface area contributed by atoms with E-state index in [-0.39, 0.29) is 19.1 Å². The first-order chi connectivity index (χ1) is 7.31. The van der Waals surface area contributed by atoms with Gasteiger partial charge in [0, 0.05) is 12.1 Å². The molecular weight excluding hydrogens is 214 g/mol. The molecule has 0 aliphatic carbocycles. The molecule has 0 atom stereocenters. The van der Waals surface area contributed by atoms with Gasteiger partial charge in [0.1, 0.15) is 5.52 Å². The third-order valence-electron chi connectivity index (χ3n) is 1.91. The van der Waals surface area contributed by atoms with Crippen LogP contribution in [0.15, 0.2) is 18.2 Å². The Kier molecular flexibility index (Phi) is 2.89. The van der Waals surface area contributed by atoms with Crippen LogP contribution in [-0.2, 0) is 0 Å². The Hall–Kier alpha value is -1.53. The minimum Gasteiger partial charge on any atom is -0.395 e. The second-order valence-corrected chi connectivity index (χ2v) is 3.72. The summed E-state index contributed by atoms with van der Waals surface area (Å²) in [6.45, 7) is 0.193. The average molecular weight is 223 g/mol. The number of hydrogen-bond donors (Lipinski definition) is 2. The highest BCUT2D eigenvalue weighted by atomic mass is 32.1. The highest BCUT2D eigenvalue weighted by molar-refractivity contribution is 7.12. The van der Waals surface area contributed by atoms with Crippen molar-refractivity contribution >= 4 is 27.7 Å². The highest BCUT2D eigenvalue weighted by Gasteiger charge is 2.06. The Morgan fingerprint density at radius 1 is 1.53 bits per heavy atom. The predicted octanol–water partition coefficient (Wildman–Crippen LogP) is 0.413. The Morgan fingerprint density at radius 2 is 2.40 bits per heavy atom. The SMILES string of the molecule is O=C(NCCO)c1ccc2snnc2c1. The number of aromatic nitrogens is 2. The first-order valence-electron chi connectivity index (χ1n) is 4.42. The van der Waals surface area contributed by atoms with Gasteiger partial charge in [0.2, 0.25) is 0 Å². The van der Waals surface area contributed by atoms with Crippen molar-refractivity contribution in [3.8, 4) is 0 Å². The van der Waals surface area contributed by atoms with Gasteiger partial charge in [-0.15, -0.1) is 5.10 Å². The molecule has 0 fully saturated rings. The number of carbonyl (C=O) groups excluding carboxylic acids is 1. The van der Waals surface area contributed by atoms with Gasteiger partial charge in [-0.05, 0) is 29.7 Å². The molecule has 2 aromatic rings. The van der Waals surface area contributed by atoms with Crippen molar-refractivity contribution in [2.24, 2.45) is 0 Å². The van der Waals surface area contributed by atoms with E-state index < -0.39 is 0 Å². The normalized spacial score (nSPS) is 10.5. The van der Waals surface area contributed by atoms with Crippen molar-refractivity contribution in [1.82, 2.24) is 14.9 Å². The minimum absolute atomic E-state index is 0.0633. The summed E-state index contributed by atoms with van der Waals surface area (Å²) in [5.74, 6) is -0.209. The molecule has 0 aliphatic heterocycles. The summed E-state index contributed by atoms with van der Waals surface area (Å²) in [6.07, 6.45) is 0. The Balaban J connectivity index is 2.23. The number of aliphatic hydroxyl groups is 1. The smallest absolute Gasteiger partial charge is 0.251 e. The van der Waals surface area contributed by atoms with Gasteiger partial charge in [0.15, 0.2) is 0 Å². The number of aliphatic hydroxyl groups excluding tert-OH is 1. The fraction of sp³-hybridized carbons (Fsp3) is 0.222. The minimum atomic E-state index is -0.209. The van der Waals surface area contributed by atoms with Crippen LogP contribution in [0, 0.1) is 0 Å². The zero-order valence-corrected chi connectivity index (χ0v) is 8.62. The highest BCUT2D eigenvalue weighted by Crippen LogP contribution is 2.16. The van der Waals surface area contributed by atoms with Crippen LogP contribution in [0.4, 0.5) is 0 Å². The molecule has 0 saturated carbocycles. The molecule has 0 unspecified atom stereocenters. The number of hydrogen-bond acceptors (Lipinski definition) is 5. The molecular formula is C9H9N3O2S. The fourth-order valence-electron chi connectivity index (χ4n) is 1.19. The molecule has 2 N–H and O–H groups in total. The topological polar surface area (TPSA) is 75.1 Å². The molecule has 1 aromatic carbocycles. The van der Waals surface area contributed by atoms with Crippen LogP contribution in [0.3, 0.4) is 0 Å². The third kappa shape index (κ3) is 2.11. The van der Waals surface area contributed by atoms with Crippen molar-refractivity contribution in [1.29, 1.82) is 0 Å². The van der Waals surface area contributed by atoms with E-state index >= 15 is 0 Å². The number of nitrogens with zero attached hydrogens (tertiary/aromatic N) is 2. The lowest BCUT2D eigenvalue weighted by Gasteiger charge is -2.02. The van der Waals surface area contributed by atoms with Crippen molar-refractivity contribution < 1.29 is 9.90 Å². The molecule has 0 aliphatic rings. The van der Waals surface area contributed by atoms with Crippen molar-refractivity contribution in [3.63, 3.8) is 0 Å². The number of rotatable bonds is 3. The molecule has 0 spiro atoms. The number of fused-ring (bicyclic) bond motifs is 1. The Morgan fingerprint density at radius 3 is 3.20 bits per heavy atom. The number of carbonyl (C=O) groups is 1. The van der Waals surface area contributed by atoms with Crippen molar-refractivity contribution in [2.45, 2.75) is 0 Å². The van der Waals surface area contributed by atoms with Crippen LogP contribution in [0.1, 0.15) is 10.4 Å². The van der Waals surface area contributed by atoms with E-state index in [1.807, 2.05) is 6.07 Å². The molecule has 15 heavy (non-hydrogen) atoms. The standard InChI is InChI=1S/C9H9N3O2S/c13-4-3-10-9(14)6-1-2-8-7(5-6)11-12-15-8/h1-2,5,13H,3-4H2,(H,10,14). The first kappa shape index (κ1) is 10.0. The lowest BCUT2D eigenvalue weighted by Crippen LogP contribution is -2.26. The Labute approximate surface area is 89.9 Å². The van der Waals surface area contributed by atoms with Gasteiger partial charge in [-0.3, -0.25) is 4.79 Å². The molecule has 0 saturated heterocycles. The van der Waals surface area contributed by atoms with Gasteiger partial charge < -0.3 is 10.4 Å². The molecule has 1 aromatic heterocycles. The quantitative estimate of drug-likeness (QED) is 0.790. The summed E-state index contributed by atoms with van der Waals surface area (Å²) in [6, 6.07) is 5.22. The van der Waals surface area contributed by atoms with E-state index in [0.29, 0.717) is 5.56 Å². The second kappa shape index (κ2) is 4.33. The molecule has 1 amide bonds. The van der Waals surface area contributed by atoms with E-state index in [1.165, 1.54) is 11.5 Å². The average Bonchev–Trinajstić information content (AvgIpc) is 2.72. The molecule has 2 rings (SSSR count). The zero-order valence-electron chi connectivity index (χ0n) is 7.80. The van der Waals surface area contributed by atoms with Crippen LogP contribution in [-0.4, -0.2) is 33.8 Å². The van der Waals surface area contributed by atoms with Crippen LogP contribution < -0.4 is 5.32 Å². The van der Waals surface area contributed by atoms with Gasteiger partial charge in [0.05, 0.1) is 11.3 Å². The summed E-state index contributed by atoms with van der Waals surface area (Å²) in [5.41, 5.74) is 1.25. The van der Waals surface area contributed by atoms with Gasteiger partial charge in [-0.25, -0.2) is 0 Å². The van der Waals surface area contributed by atoms with E-state index in [9.17, 15) is 4.79 Å². The predicted molar refractivity (Wildman–Crippen MR) is 56.8 cm³/mol. The first-order valence-corrected chi connectivity index (χ1v) is 5.20. The van der Waals surface area contributed by atoms with Crippen LogP contribution in [0.25, 0.3) is 10.2 Å². The van der Waals surface area contributed by atoms with Crippen LogP contribution >= 0.6 is 11.5 Å². The molecule has 1 heterocycles. The van der Waals surface area contributed by atoms with Gasteiger partial charge >= 0.3 is 0 Å². The maximum Gasteiger partial charge on any atom is 0.251 e. The summed E-state index contributed by atoms with van der Waals surface area (Å²) in [4.78, 5) is 11.5. The number of amides is 1. The number of benzene rings is 1. The lowest BCUT2D eigenvalue weighted by molar-refractivity contribution is 0.0945. The van der Waals surface area contributed by atoms with Gasteiger partial charge in [-0.1, -0.05) is 4.49 Å². The van der Waals surface area contributed by atoms with Crippen LogP contribution in [0.2, 0.25) is 0 Å². The third-order valence-corrected chi connectivity index (χ3v) is 2.61. The fourth-order valence-corrected chi connectivity index (χ4v) is 1.73. The molecule has 0 radical (unpaired) electrons. The summed E-state index contributed by atoms with van der Waals surface area (Å²) in [7, 11) is 0. The summed E-state index contributed by atoms with van der Waals surface area (Å²) in [5, 5.41) is 15.0. The zero-order chi connectivity index (χ0) is 10.7. The lowest BCUT2D eigenvalue weighted by atomic mass is 10.2. The summed E-state index contributed by atoms with van der Waals surface area (Å²) >= 11 is 1.29. The second-order valence-electron chi connectivity index (χ2n) is 2.93. The Bertz CT molecular complexity index is 483. The number of nitrogens with one attached hydrogen (secondary N) is 1. The molecule has 5 nitrogen and oxygen atoms in total. The van der Waals surface area contributed by atoms with E-state index in [2.05, 4.69) is 14.9 Å². The van der Waals surface area contributed by atoms with Crippen LogP contribution in [0.5, 0.6) is 0 Å². The maximum absolute atomic E-state index is 11.5. The molecule has 78 valence electrons. The van der Waals surface area contributed by atoms with Gasteiger partial charge in [0.25, 0.3) is 5.91 Å². The molecule has 6 heteroatoms. The van der Waals surface area contributed by atoms with Crippen molar-refractivity contribution in [3.05, 3.63) is 23.8 Å². The monoisotopic (exact) mass is 223 g/mol. The summed E-state index contributed by atoms with van der Waals surface area (Å²) < 4.78 is 4.74. The van der Waals surface area contributed by atoms with Gasteiger partial charge in [-0.2, -0.15) is 0 Å². The van der Waals surface area contributed by atoms with E-state index in [0.717, 1.165) is 10.2 Å².